The Hall–Kier alpha value is -3.20. The molecule has 136 valence electrons. The van der Waals surface area contributed by atoms with Gasteiger partial charge in [-0.05, 0) is 12.5 Å². The van der Waals surface area contributed by atoms with Gasteiger partial charge in [-0.25, -0.2) is 9.78 Å². The van der Waals surface area contributed by atoms with Crippen LogP contribution in [0, 0.1) is 0 Å². The number of hydrogen-bond donors (Lipinski definition) is 2. The summed E-state index contributed by atoms with van der Waals surface area (Å²) in [6.07, 6.45) is 1.45. The van der Waals surface area contributed by atoms with Crippen molar-refractivity contribution in [3.63, 3.8) is 0 Å². The van der Waals surface area contributed by atoms with Gasteiger partial charge in [0.2, 0.25) is 0 Å². The number of hydrogen-bond acceptors (Lipinski definition) is 6. The molecular weight excluding hydrogens is 340 g/mol. The molecule has 0 radical (unpaired) electrons. The highest BCUT2D eigenvalue weighted by Crippen LogP contribution is 2.24. The Morgan fingerprint density at radius 2 is 2.00 bits per heavy atom. The fourth-order valence-electron chi connectivity index (χ4n) is 2.65. The van der Waals surface area contributed by atoms with Crippen molar-refractivity contribution in [2.24, 2.45) is 0 Å². The summed E-state index contributed by atoms with van der Waals surface area (Å²) in [4.78, 5) is 41.6. The number of benzene rings is 1. The second-order valence-corrected chi connectivity index (χ2v) is 5.57. The zero-order valence-corrected chi connectivity index (χ0v) is 14.3. The minimum Gasteiger partial charge on any atom is -0.462 e. The third-order valence-electron chi connectivity index (χ3n) is 3.96. The minimum atomic E-state index is -2.27. The summed E-state index contributed by atoms with van der Waals surface area (Å²) in [7, 11) is 1.14. The molecule has 9 nitrogen and oxygen atoms in total. The molecule has 0 fully saturated rings. The fraction of sp³-hybridized carbons (Fsp3) is 0.294. The van der Waals surface area contributed by atoms with E-state index in [1.165, 1.54) is 6.33 Å². The zero-order valence-electron chi connectivity index (χ0n) is 14.3. The monoisotopic (exact) mass is 358 g/mol. The van der Waals surface area contributed by atoms with E-state index in [4.69, 9.17) is 9.47 Å². The van der Waals surface area contributed by atoms with E-state index >= 15 is 0 Å². The van der Waals surface area contributed by atoms with E-state index in [1.807, 2.05) is 30.3 Å². The van der Waals surface area contributed by atoms with Crippen LogP contribution in [0.1, 0.15) is 23.0 Å². The first-order valence-electron chi connectivity index (χ1n) is 7.97. The van der Waals surface area contributed by atoms with Crippen LogP contribution in [-0.2, 0) is 25.6 Å². The number of esters is 1. The summed E-state index contributed by atoms with van der Waals surface area (Å²) in [5, 5.41) is 4.84. The van der Waals surface area contributed by atoms with E-state index in [-0.39, 0.29) is 18.1 Å². The lowest BCUT2D eigenvalue weighted by Crippen LogP contribution is -2.62. The standard InChI is InChI=1S/C17H18N4O5/c1-3-26-16(24)17(25-2)15(23)19-13-12(14(22)20-17)18-10-21(13)9-11-7-5-4-6-8-11/h4-8,10H,3,9H2,1-2H3,(H,19,23)(H,20,22). The molecule has 2 N–H and O–H groups in total. The Labute approximate surface area is 149 Å². The SMILES string of the molecule is CCOC(=O)C1(OC)NC(=O)c2ncn(Cc3ccccc3)c2NC1=O. The number of anilines is 1. The van der Waals surface area contributed by atoms with E-state index in [0.29, 0.717) is 6.54 Å². The van der Waals surface area contributed by atoms with E-state index in [0.717, 1.165) is 12.7 Å². The van der Waals surface area contributed by atoms with Crippen molar-refractivity contribution in [1.29, 1.82) is 0 Å². The molecule has 2 aromatic rings. The number of carbonyl (C=O) groups is 3. The van der Waals surface area contributed by atoms with E-state index in [9.17, 15) is 14.4 Å². The minimum absolute atomic E-state index is 0.0162. The van der Waals surface area contributed by atoms with Gasteiger partial charge < -0.3 is 24.7 Å². The number of fused-ring (bicyclic) bond motifs is 1. The average molecular weight is 358 g/mol. The van der Waals surface area contributed by atoms with E-state index in [2.05, 4.69) is 15.6 Å². The fourth-order valence-corrected chi connectivity index (χ4v) is 2.65. The van der Waals surface area contributed by atoms with Crippen molar-refractivity contribution in [3.05, 3.63) is 47.9 Å². The number of amides is 2. The summed E-state index contributed by atoms with van der Waals surface area (Å²) in [6, 6.07) is 9.46. The first-order valence-corrected chi connectivity index (χ1v) is 7.97. The molecule has 0 bridgehead atoms. The third kappa shape index (κ3) is 2.93. The maximum Gasteiger partial charge on any atom is 0.370 e. The molecule has 1 atom stereocenters. The third-order valence-corrected chi connectivity index (χ3v) is 3.96. The molecule has 3 rings (SSSR count). The molecule has 0 saturated carbocycles. The molecule has 2 amide bonds. The van der Waals surface area contributed by atoms with Crippen LogP contribution < -0.4 is 10.6 Å². The Kier molecular flexibility index (Phi) is 4.72. The van der Waals surface area contributed by atoms with Gasteiger partial charge in [-0.15, -0.1) is 0 Å². The molecule has 9 heteroatoms. The number of methoxy groups -OCH3 is 1. The lowest BCUT2D eigenvalue weighted by molar-refractivity contribution is -0.175. The molecule has 0 saturated heterocycles. The highest BCUT2D eigenvalue weighted by molar-refractivity contribution is 6.18. The van der Waals surface area contributed by atoms with Gasteiger partial charge in [0.1, 0.15) is 5.82 Å². The first kappa shape index (κ1) is 17.6. The quantitative estimate of drug-likeness (QED) is 0.595. The van der Waals surface area contributed by atoms with Crippen LogP contribution in [0.5, 0.6) is 0 Å². The van der Waals surface area contributed by atoms with Crippen molar-refractivity contribution < 1.29 is 23.9 Å². The second kappa shape index (κ2) is 6.96. The molecule has 1 aromatic carbocycles. The van der Waals surface area contributed by atoms with Crippen LogP contribution in [0.25, 0.3) is 0 Å². The number of ether oxygens (including phenoxy) is 2. The van der Waals surface area contributed by atoms with Gasteiger partial charge >= 0.3 is 11.7 Å². The Balaban J connectivity index is 1.96. The highest BCUT2D eigenvalue weighted by atomic mass is 16.6. The first-order chi connectivity index (χ1) is 12.5. The predicted molar refractivity (Wildman–Crippen MR) is 90.2 cm³/mol. The number of rotatable bonds is 5. The van der Waals surface area contributed by atoms with Gasteiger partial charge in [0.15, 0.2) is 5.69 Å². The van der Waals surface area contributed by atoms with Gasteiger partial charge in [-0.2, -0.15) is 0 Å². The number of nitrogens with one attached hydrogen (secondary N) is 2. The summed E-state index contributed by atoms with van der Waals surface area (Å²) >= 11 is 0. The van der Waals surface area contributed by atoms with Gasteiger partial charge in [-0.3, -0.25) is 9.59 Å². The van der Waals surface area contributed by atoms with Crippen molar-refractivity contribution in [2.45, 2.75) is 19.2 Å². The van der Waals surface area contributed by atoms with Gasteiger partial charge in [0.05, 0.1) is 19.5 Å². The smallest absolute Gasteiger partial charge is 0.370 e. The van der Waals surface area contributed by atoms with Gasteiger partial charge in [0, 0.05) is 7.11 Å². The summed E-state index contributed by atoms with van der Waals surface area (Å²) in [5.74, 6) is -2.41. The normalized spacial score (nSPS) is 19.2. The topological polar surface area (TPSA) is 112 Å². The lowest BCUT2D eigenvalue weighted by Gasteiger charge is -2.27. The number of carbonyl (C=O) groups excluding carboxylic acids is 3. The van der Waals surface area contributed by atoms with Crippen LogP contribution >= 0.6 is 0 Å². The molecule has 0 spiro atoms. The molecule has 1 aromatic heterocycles. The number of aromatic nitrogens is 2. The number of imidazole rings is 1. The zero-order chi connectivity index (χ0) is 18.7. The maximum atomic E-state index is 12.7. The van der Waals surface area contributed by atoms with Crippen LogP contribution in [0.4, 0.5) is 5.82 Å². The summed E-state index contributed by atoms with van der Waals surface area (Å²) in [5.41, 5.74) is -1.33. The van der Waals surface area contributed by atoms with Gasteiger partial charge in [0.25, 0.3) is 11.8 Å². The van der Waals surface area contributed by atoms with Crippen LogP contribution in [0.3, 0.4) is 0 Å². The van der Waals surface area contributed by atoms with E-state index in [1.54, 1.807) is 11.5 Å². The lowest BCUT2D eigenvalue weighted by atomic mass is 10.2. The predicted octanol–water partition coefficient (Wildman–Crippen LogP) is 0.519. The summed E-state index contributed by atoms with van der Waals surface area (Å²) in [6.45, 7) is 2.00. The Bertz CT molecular complexity index is 848. The van der Waals surface area contributed by atoms with Crippen molar-refractivity contribution in [2.75, 3.05) is 19.0 Å². The van der Waals surface area contributed by atoms with Crippen LogP contribution in [0.15, 0.2) is 36.7 Å². The maximum absolute atomic E-state index is 12.7. The summed E-state index contributed by atoms with van der Waals surface area (Å²) < 4.78 is 11.6. The van der Waals surface area contributed by atoms with Crippen LogP contribution in [-0.4, -0.2) is 46.8 Å². The molecule has 2 heterocycles. The Morgan fingerprint density at radius 3 is 2.65 bits per heavy atom. The highest BCUT2D eigenvalue weighted by Gasteiger charge is 2.52. The average Bonchev–Trinajstić information content (AvgIpc) is 2.98. The number of nitrogens with zero attached hydrogens (tertiary/aromatic N) is 2. The van der Waals surface area contributed by atoms with Crippen molar-refractivity contribution >= 4 is 23.6 Å². The van der Waals surface area contributed by atoms with Crippen molar-refractivity contribution in [3.8, 4) is 0 Å². The largest absolute Gasteiger partial charge is 0.462 e. The molecule has 1 aliphatic rings. The molecular formula is C17H18N4O5. The second-order valence-electron chi connectivity index (χ2n) is 5.57. The van der Waals surface area contributed by atoms with E-state index < -0.39 is 23.5 Å². The molecule has 26 heavy (non-hydrogen) atoms. The van der Waals surface area contributed by atoms with Crippen LogP contribution in [0.2, 0.25) is 0 Å². The Morgan fingerprint density at radius 1 is 1.27 bits per heavy atom. The molecule has 0 aliphatic carbocycles. The van der Waals surface area contributed by atoms with Gasteiger partial charge in [-0.1, -0.05) is 30.3 Å². The molecule has 1 aliphatic heterocycles. The molecule has 1 unspecified atom stereocenters. The van der Waals surface area contributed by atoms with Crippen molar-refractivity contribution in [1.82, 2.24) is 14.9 Å².